The van der Waals surface area contributed by atoms with Crippen LogP contribution in [0.1, 0.15) is 36.5 Å². The first kappa shape index (κ1) is 13.9. The number of hydrogen-bond acceptors (Lipinski definition) is 3. The summed E-state index contributed by atoms with van der Waals surface area (Å²) in [7, 11) is 0. The van der Waals surface area contributed by atoms with Gasteiger partial charge in [-0.1, -0.05) is 12.1 Å². The van der Waals surface area contributed by atoms with Crippen molar-refractivity contribution < 1.29 is 14.3 Å². The van der Waals surface area contributed by atoms with Crippen molar-refractivity contribution in [3.63, 3.8) is 0 Å². The lowest BCUT2D eigenvalue weighted by Crippen LogP contribution is -2.37. The third-order valence-electron chi connectivity index (χ3n) is 3.91. The number of hydrogen-bond donors (Lipinski definition) is 1. The van der Waals surface area contributed by atoms with Crippen molar-refractivity contribution in [2.45, 2.75) is 38.3 Å². The third-order valence-corrected chi connectivity index (χ3v) is 3.91. The highest BCUT2D eigenvalue weighted by molar-refractivity contribution is 5.97. The molecule has 1 saturated carbocycles. The van der Waals surface area contributed by atoms with Gasteiger partial charge in [-0.25, -0.2) is 0 Å². The fraction of sp³-hybridized carbons (Fsp3) is 0.500. The average Bonchev–Trinajstić information content (AvgIpc) is 3.24. The van der Waals surface area contributed by atoms with Gasteiger partial charge < -0.3 is 15.0 Å². The zero-order valence-electron chi connectivity index (χ0n) is 12.2. The number of nitrogens with one attached hydrogen (secondary N) is 1. The molecule has 0 radical (unpaired) electrons. The molecule has 3 rings (SSSR count). The Labute approximate surface area is 124 Å². The molecule has 0 bridgehead atoms. The number of para-hydroxylation sites is 1. The van der Waals surface area contributed by atoms with Gasteiger partial charge in [0.25, 0.3) is 5.91 Å². The highest BCUT2D eigenvalue weighted by atomic mass is 16.5. The number of rotatable bonds is 5. The summed E-state index contributed by atoms with van der Waals surface area (Å²) in [4.78, 5) is 26.2. The molecule has 2 amide bonds. The molecule has 0 aromatic heterocycles. The first-order valence-corrected chi connectivity index (χ1v) is 7.51. The van der Waals surface area contributed by atoms with Gasteiger partial charge >= 0.3 is 0 Å². The van der Waals surface area contributed by atoms with E-state index >= 15 is 0 Å². The Morgan fingerprint density at radius 3 is 2.86 bits per heavy atom. The van der Waals surface area contributed by atoms with E-state index in [1.807, 2.05) is 24.0 Å². The molecule has 2 fully saturated rings. The van der Waals surface area contributed by atoms with Crippen molar-refractivity contribution in [3.05, 3.63) is 29.8 Å². The average molecular weight is 288 g/mol. The Morgan fingerprint density at radius 2 is 2.14 bits per heavy atom. The number of carbonyl (C=O) groups is 2. The number of ether oxygens (including phenoxy) is 1. The quantitative estimate of drug-likeness (QED) is 0.895. The SMILES string of the molecule is CCOc1ccccc1C(=O)N[C@@H]1CC(=O)N(C2CC2)C1. The van der Waals surface area contributed by atoms with Gasteiger partial charge in [0.15, 0.2) is 0 Å². The number of likely N-dealkylation sites (tertiary alicyclic amines) is 1. The maximum absolute atomic E-state index is 12.4. The van der Waals surface area contributed by atoms with E-state index in [4.69, 9.17) is 4.74 Å². The largest absolute Gasteiger partial charge is 0.493 e. The highest BCUT2D eigenvalue weighted by Gasteiger charge is 2.39. The number of carbonyl (C=O) groups excluding carboxylic acids is 2. The molecular weight excluding hydrogens is 268 g/mol. The van der Waals surface area contributed by atoms with E-state index in [1.165, 1.54) is 0 Å². The molecule has 21 heavy (non-hydrogen) atoms. The van der Waals surface area contributed by atoms with E-state index < -0.39 is 0 Å². The van der Waals surface area contributed by atoms with Crippen LogP contribution in [0.5, 0.6) is 5.75 Å². The van der Waals surface area contributed by atoms with E-state index in [0.717, 1.165) is 12.8 Å². The van der Waals surface area contributed by atoms with Crippen LogP contribution in [0.25, 0.3) is 0 Å². The molecule has 1 aliphatic heterocycles. The minimum atomic E-state index is -0.172. The first-order valence-electron chi connectivity index (χ1n) is 7.51. The molecule has 5 heteroatoms. The van der Waals surface area contributed by atoms with Crippen LogP contribution in [0.2, 0.25) is 0 Å². The van der Waals surface area contributed by atoms with E-state index in [-0.39, 0.29) is 17.9 Å². The maximum atomic E-state index is 12.4. The molecule has 1 atom stereocenters. The minimum Gasteiger partial charge on any atom is -0.493 e. The molecule has 5 nitrogen and oxygen atoms in total. The molecule has 1 aromatic carbocycles. The van der Waals surface area contributed by atoms with Crippen LogP contribution < -0.4 is 10.1 Å². The van der Waals surface area contributed by atoms with Gasteiger partial charge in [-0.05, 0) is 31.9 Å². The summed E-state index contributed by atoms with van der Waals surface area (Å²) < 4.78 is 5.47. The standard InChI is InChI=1S/C16H20N2O3/c1-2-21-14-6-4-3-5-13(14)16(20)17-11-9-15(19)18(10-11)12-7-8-12/h3-6,11-12H,2,7-10H2,1H3,(H,17,20)/t11-/m1/s1. The van der Waals surface area contributed by atoms with Gasteiger partial charge in [-0.2, -0.15) is 0 Å². The fourth-order valence-electron chi connectivity index (χ4n) is 2.77. The van der Waals surface area contributed by atoms with Gasteiger partial charge in [-0.3, -0.25) is 9.59 Å². The van der Waals surface area contributed by atoms with E-state index in [9.17, 15) is 9.59 Å². The fourth-order valence-corrected chi connectivity index (χ4v) is 2.77. The van der Waals surface area contributed by atoms with Crippen LogP contribution in [-0.2, 0) is 4.79 Å². The molecule has 112 valence electrons. The molecule has 1 aromatic rings. The Morgan fingerprint density at radius 1 is 1.38 bits per heavy atom. The second-order valence-electron chi connectivity index (χ2n) is 5.58. The number of benzene rings is 1. The molecule has 0 spiro atoms. The van der Waals surface area contributed by atoms with Crippen molar-refractivity contribution in [3.8, 4) is 5.75 Å². The zero-order valence-corrected chi connectivity index (χ0v) is 12.2. The molecule has 0 unspecified atom stereocenters. The molecule has 1 N–H and O–H groups in total. The predicted molar refractivity (Wildman–Crippen MR) is 78.2 cm³/mol. The van der Waals surface area contributed by atoms with Crippen LogP contribution in [0.4, 0.5) is 0 Å². The molecular formula is C16H20N2O3. The van der Waals surface area contributed by atoms with E-state index in [1.54, 1.807) is 12.1 Å². The molecule has 1 aliphatic carbocycles. The van der Waals surface area contributed by atoms with Crippen LogP contribution in [0.3, 0.4) is 0 Å². The minimum absolute atomic E-state index is 0.0970. The lowest BCUT2D eigenvalue weighted by Gasteiger charge is -2.17. The normalized spacial score (nSPS) is 21.5. The summed E-state index contributed by atoms with van der Waals surface area (Å²) in [6, 6.07) is 7.50. The van der Waals surface area contributed by atoms with E-state index in [2.05, 4.69) is 5.32 Å². The Hall–Kier alpha value is -2.04. The highest BCUT2D eigenvalue weighted by Crippen LogP contribution is 2.30. The van der Waals surface area contributed by atoms with Crippen molar-refractivity contribution in [1.82, 2.24) is 10.2 Å². The second kappa shape index (κ2) is 5.76. The van der Waals surface area contributed by atoms with Gasteiger partial charge in [0, 0.05) is 19.0 Å². The van der Waals surface area contributed by atoms with Gasteiger partial charge in [0.1, 0.15) is 5.75 Å². The molecule has 1 heterocycles. The summed E-state index contributed by atoms with van der Waals surface area (Å²) in [6.45, 7) is 3.03. The van der Waals surface area contributed by atoms with Gasteiger partial charge in [-0.15, -0.1) is 0 Å². The maximum Gasteiger partial charge on any atom is 0.255 e. The summed E-state index contributed by atoms with van der Waals surface area (Å²) in [5.41, 5.74) is 0.525. The molecule has 2 aliphatic rings. The smallest absolute Gasteiger partial charge is 0.255 e. The Bertz CT molecular complexity index is 554. The van der Waals surface area contributed by atoms with Crippen LogP contribution >= 0.6 is 0 Å². The van der Waals surface area contributed by atoms with Crippen molar-refractivity contribution in [1.29, 1.82) is 0 Å². The first-order chi connectivity index (χ1) is 10.2. The summed E-state index contributed by atoms with van der Waals surface area (Å²) in [5.74, 6) is 0.566. The van der Waals surface area contributed by atoms with Gasteiger partial charge in [0.2, 0.25) is 5.91 Å². The lowest BCUT2D eigenvalue weighted by molar-refractivity contribution is -0.128. The van der Waals surface area contributed by atoms with Crippen molar-refractivity contribution >= 4 is 11.8 Å². The van der Waals surface area contributed by atoms with E-state index in [0.29, 0.717) is 36.9 Å². The summed E-state index contributed by atoms with van der Waals surface area (Å²) in [6.07, 6.45) is 2.60. The predicted octanol–water partition coefficient (Wildman–Crippen LogP) is 1.58. The molecule has 1 saturated heterocycles. The number of amides is 2. The summed E-state index contributed by atoms with van der Waals surface area (Å²) >= 11 is 0. The topological polar surface area (TPSA) is 58.6 Å². The second-order valence-corrected chi connectivity index (χ2v) is 5.58. The monoisotopic (exact) mass is 288 g/mol. The number of nitrogens with zero attached hydrogens (tertiary/aromatic N) is 1. The summed E-state index contributed by atoms with van der Waals surface area (Å²) in [5, 5.41) is 2.96. The van der Waals surface area contributed by atoms with Gasteiger partial charge in [0.05, 0.1) is 18.2 Å². The van der Waals surface area contributed by atoms with Crippen LogP contribution in [0, 0.1) is 0 Å². The lowest BCUT2D eigenvalue weighted by atomic mass is 10.1. The van der Waals surface area contributed by atoms with Crippen molar-refractivity contribution in [2.75, 3.05) is 13.2 Å². The van der Waals surface area contributed by atoms with Crippen molar-refractivity contribution in [2.24, 2.45) is 0 Å². The van der Waals surface area contributed by atoms with Crippen LogP contribution in [0.15, 0.2) is 24.3 Å². The Kier molecular flexibility index (Phi) is 3.82. The third kappa shape index (κ3) is 3.01. The zero-order chi connectivity index (χ0) is 14.8. The Balaban J connectivity index is 1.65. The van der Waals surface area contributed by atoms with Crippen LogP contribution in [-0.4, -0.2) is 41.9 Å².